The van der Waals surface area contributed by atoms with E-state index >= 15 is 0 Å². The average Bonchev–Trinajstić information content (AvgIpc) is 1.95. The molecule has 0 bridgehead atoms. The van der Waals surface area contributed by atoms with E-state index in [-0.39, 0.29) is 11.5 Å². The number of ether oxygens (including phenoxy) is 1. The molecule has 0 heterocycles. The molecule has 0 spiro atoms. The summed E-state index contributed by atoms with van der Waals surface area (Å²) < 4.78 is 5.29. The maximum absolute atomic E-state index is 10.00. The first-order valence-corrected chi connectivity index (χ1v) is 4.15. The monoisotopic (exact) mass is 170 g/mol. The van der Waals surface area contributed by atoms with Gasteiger partial charge in [-0.05, 0) is 17.9 Å². The molecule has 12 heavy (non-hydrogen) atoms. The van der Waals surface area contributed by atoms with Crippen LogP contribution in [-0.2, 0) is 9.53 Å². The molecule has 0 aliphatic carbocycles. The molecule has 0 N–H and O–H groups in total. The molecule has 0 aliphatic heterocycles. The molecule has 0 fully saturated rings. The fourth-order valence-electron chi connectivity index (χ4n) is 1.06. The Bertz CT molecular complexity index is 154. The first-order valence-electron chi connectivity index (χ1n) is 4.15. The molecule has 0 radical (unpaired) electrons. The van der Waals surface area contributed by atoms with Crippen molar-refractivity contribution in [3.05, 3.63) is 12.2 Å². The van der Waals surface area contributed by atoms with Crippen molar-refractivity contribution in [1.29, 1.82) is 0 Å². The quantitative estimate of drug-likeness (QED) is 0.477. The molecule has 0 aliphatic rings. The highest BCUT2D eigenvalue weighted by Crippen LogP contribution is 2.24. The van der Waals surface area contributed by atoms with Crippen molar-refractivity contribution in [2.24, 2.45) is 5.41 Å². The van der Waals surface area contributed by atoms with Gasteiger partial charge in [0.15, 0.2) is 0 Å². The predicted octanol–water partition coefficient (Wildman–Crippen LogP) is 2.19. The van der Waals surface area contributed by atoms with E-state index in [4.69, 9.17) is 4.74 Å². The number of carbonyl (C=O) groups excluding carboxylic acids is 1. The SMILES string of the molecule is COC(CC=CC=O)C(C)(C)C. The molecule has 0 saturated heterocycles. The average molecular weight is 170 g/mol. The Balaban J connectivity index is 4.00. The second-order valence-corrected chi connectivity index (χ2v) is 3.89. The Hall–Kier alpha value is -0.630. The fourth-order valence-corrected chi connectivity index (χ4v) is 1.06. The van der Waals surface area contributed by atoms with Crippen molar-refractivity contribution in [2.45, 2.75) is 33.3 Å². The van der Waals surface area contributed by atoms with Crippen LogP contribution in [0.4, 0.5) is 0 Å². The van der Waals surface area contributed by atoms with Gasteiger partial charge in [-0.25, -0.2) is 0 Å². The summed E-state index contributed by atoms with van der Waals surface area (Å²) in [6.45, 7) is 6.36. The number of rotatable bonds is 4. The van der Waals surface area contributed by atoms with Crippen LogP contribution in [0, 0.1) is 5.41 Å². The van der Waals surface area contributed by atoms with Crippen molar-refractivity contribution >= 4 is 6.29 Å². The van der Waals surface area contributed by atoms with Crippen molar-refractivity contribution in [3.63, 3.8) is 0 Å². The van der Waals surface area contributed by atoms with E-state index in [2.05, 4.69) is 20.8 Å². The molecule has 1 atom stereocenters. The van der Waals surface area contributed by atoms with Gasteiger partial charge in [-0.2, -0.15) is 0 Å². The second kappa shape index (κ2) is 5.09. The van der Waals surface area contributed by atoms with E-state index in [1.54, 1.807) is 7.11 Å². The lowest BCUT2D eigenvalue weighted by Gasteiger charge is -2.28. The minimum atomic E-state index is 0.127. The third kappa shape index (κ3) is 4.29. The molecule has 2 nitrogen and oxygen atoms in total. The zero-order valence-corrected chi connectivity index (χ0v) is 8.33. The Morgan fingerprint density at radius 3 is 2.33 bits per heavy atom. The van der Waals surface area contributed by atoms with E-state index in [0.717, 1.165) is 12.7 Å². The highest BCUT2D eigenvalue weighted by atomic mass is 16.5. The minimum Gasteiger partial charge on any atom is -0.381 e. The third-order valence-corrected chi connectivity index (χ3v) is 1.82. The first kappa shape index (κ1) is 11.4. The number of allylic oxidation sites excluding steroid dienone is 1. The molecule has 0 aromatic carbocycles. The maximum atomic E-state index is 10.00. The van der Waals surface area contributed by atoms with Gasteiger partial charge in [0.25, 0.3) is 0 Å². The van der Waals surface area contributed by atoms with Crippen LogP contribution in [0.5, 0.6) is 0 Å². The summed E-state index contributed by atoms with van der Waals surface area (Å²) in [5, 5.41) is 0. The lowest BCUT2D eigenvalue weighted by molar-refractivity contribution is -0.104. The molecule has 0 rings (SSSR count). The molecule has 70 valence electrons. The van der Waals surface area contributed by atoms with Crippen LogP contribution in [0.15, 0.2) is 12.2 Å². The van der Waals surface area contributed by atoms with Crippen molar-refractivity contribution < 1.29 is 9.53 Å². The molecule has 2 heteroatoms. The Morgan fingerprint density at radius 2 is 2.00 bits per heavy atom. The molecule has 0 saturated carbocycles. The molecular weight excluding hydrogens is 152 g/mol. The molecule has 0 aromatic heterocycles. The summed E-state index contributed by atoms with van der Waals surface area (Å²) in [5.41, 5.74) is 0.127. The van der Waals surface area contributed by atoms with Gasteiger partial charge >= 0.3 is 0 Å². The van der Waals surface area contributed by atoms with Crippen LogP contribution in [0.2, 0.25) is 0 Å². The lowest BCUT2D eigenvalue weighted by Crippen LogP contribution is -2.27. The van der Waals surface area contributed by atoms with Crippen molar-refractivity contribution in [2.75, 3.05) is 7.11 Å². The fraction of sp³-hybridized carbons (Fsp3) is 0.700. The predicted molar refractivity (Wildman–Crippen MR) is 50.1 cm³/mol. The summed E-state index contributed by atoms with van der Waals surface area (Å²) in [6, 6.07) is 0. The molecular formula is C10H18O2. The summed E-state index contributed by atoms with van der Waals surface area (Å²) in [4.78, 5) is 10.00. The molecule has 1 unspecified atom stereocenters. The minimum absolute atomic E-state index is 0.127. The van der Waals surface area contributed by atoms with Crippen LogP contribution in [-0.4, -0.2) is 19.5 Å². The van der Waals surface area contributed by atoms with Gasteiger partial charge in [-0.15, -0.1) is 0 Å². The van der Waals surface area contributed by atoms with E-state index in [9.17, 15) is 4.79 Å². The van der Waals surface area contributed by atoms with E-state index in [0.29, 0.717) is 0 Å². The highest BCUT2D eigenvalue weighted by Gasteiger charge is 2.22. The zero-order valence-electron chi connectivity index (χ0n) is 8.33. The van der Waals surface area contributed by atoms with E-state index < -0.39 is 0 Å². The third-order valence-electron chi connectivity index (χ3n) is 1.82. The van der Waals surface area contributed by atoms with Gasteiger partial charge in [0, 0.05) is 7.11 Å². The molecule has 0 aromatic rings. The number of hydrogen-bond acceptors (Lipinski definition) is 2. The van der Waals surface area contributed by atoms with Crippen LogP contribution in [0.1, 0.15) is 27.2 Å². The molecule has 0 amide bonds. The summed E-state index contributed by atoms with van der Waals surface area (Å²) in [5.74, 6) is 0. The van der Waals surface area contributed by atoms with Gasteiger partial charge in [0.1, 0.15) is 6.29 Å². The number of methoxy groups -OCH3 is 1. The van der Waals surface area contributed by atoms with Crippen LogP contribution in [0.3, 0.4) is 0 Å². The van der Waals surface area contributed by atoms with Gasteiger partial charge in [0.2, 0.25) is 0 Å². The van der Waals surface area contributed by atoms with Crippen LogP contribution in [0.25, 0.3) is 0 Å². The summed E-state index contributed by atoms with van der Waals surface area (Å²) >= 11 is 0. The standard InChI is InChI=1S/C10H18O2/c1-10(2,3)9(12-4)7-5-6-8-11/h5-6,8-9H,7H2,1-4H3. The van der Waals surface area contributed by atoms with Crippen molar-refractivity contribution in [1.82, 2.24) is 0 Å². The van der Waals surface area contributed by atoms with E-state index in [1.807, 2.05) is 6.08 Å². The Morgan fingerprint density at radius 1 is 1.42 bits per heavy atom. The van der Waals surface area contributed by atoms with Gasteiger partial charge < -0.3 is 4.74 Å². The van der Waals surface area contributed by atoms with Crippen molar-refractivity contribution in [3.8, 4) is 0 Å². The Labute approximate surface area is 74.6 Å². The van der Waals surface area contributed by atoms with E-state index in [1.165, 1.54) is 6.08 Å². The Kier molecular flexibility index (Phi) is 4.83. The maximum Gasteiger partial charge on any atom is 0.142 e. The smallest absolute Gasteiger partial charge is 0.142 e. The topological polar surface area (TPSA) is 26.3 Å². The van der Waals surface area contributed by atoms with Crippen LogP contribution < -0.4 is 0 Å². The van der Waals surface area contributed by atoms with Gasteiger partial charge in [-0.1, -0.05) is 26.8 Å². The summed E-state index contributed by atoms with van der Waals surface area (Å²) in [7, 11) is 1.70. The number of hydrogen-bond donors (Lipinski definition) is 0. The summed E-state index contributed by atoms with van der Waals surface area (Å²) in [6.07, 6.45) is 5.10. The van der Waals surface area contributed by atoms with Gasteiger partial charge in [-0.3, -0.25) is 4.79 Å². The normalized spacial score (nSPS) is 15.0. The number of aldehydes is 1. The first-order chi connectivity index (χ1) is 5.52. The highest BCUT2D eigenvalue weighted by molar-refractivity contribution is 5.64. The second-order valence-electron chi connectivity index (χ2n) is 3.89. The van der Waals surface area contributed by atoms with Gasteiger partial charge in [0.05, 0.1) is 6.10 Å². The largest absolute Gasteiger partial charge is 0.381 e. The zero-order chi connectivity index (χ0) is 9.61. The van der Waals surface area contributed by atoms with Crippen LogP contribution >= 0.6 is 0 Å². The number of carbonyl (C=O) groups is 1. The lowest BCUT2D eigenvalue weighted by atomic mass is 9.87.